The Morgan fingerprint density at radius 2 is 2.05 bits per heavy atom. The van der Waals surface area contributed by atoms with Gasteiger partial charge in [0.15, 0.2) is 0 Å². The molecule has 5 nitrogen and oxygen atoms in total. The van der Waals surface area contributed by atoms with E-state index in [1.807, 2.05) is 36.5 Å². The predicted molar refractivity (Wildman–Crippen MR) is 80.6 cm³/mol. The van der Waals surface area contributed by atoms with Gasteiger partial charge in [-0.1, -0.05) is 12.1 Å². The fourth-order valence-corrected chi connectivity index (χ4v) is 2.32. The van der Waals surface area contributed by atoms with Crippen molar-refractivity contribution >= 4 is 21.6 Å². The van der Waals surface area contributed by atoms with Crippen LogP contribution >= 0.6 is 15.9 Å². The number of nitrogens with zero attached hydrogens (tertiary/aromatic N) is 4. The molecule has 0 saturated carbocycles. The van der Waals surface area contributed by atoms with Crippen molar-refractivity contribution in [3.05, 3.63) is 65.4 Å². The quantitative estimate of drug-likeness (QED) is 0.799. The zero-order valence-electron chi connectivity index (χ0n) is 10.6. The minimum atomic E-state index is 0.693. The van der Waals surface area contributed by atoms with Gasteiger partial charge in [-0.25, -0.2) is 9.67 Å². The number of para-hydroxylation sites is 2. The number of aromatic nitrogens is 4. The maximum Gasteiger partial charge on any atom is 0.138 e. The number of benzene rings is 1. The topological polar surface area (TPSA) is 55.6 Å². The lowest BCUT2D eigenvalue weighted by Gasteiger charge is -2.11. The fourth-order valence-electron chi connectivity index (χ4n) is 1.91. The van der Waals surface area contributed by atoms with Gasteiger partial charge in [-0.05, 0) is 39.7 Å². The summed E-state index contributed by atoms with van der Waals surface area (Å²) >= 11 is 3.42. The zero-order valence-corrected chi connectivity index (χ0v) is 12.2. The van der Waals surface area contributed by atoms with Crippen LogP contribution in [-0.2, 0) is 6.54 Å². The summed E-state index contributed by atoms with van der Waals surface area (Å²) < 4.78 is 2.71. The third kappa shape index (κ3) is 2.85. The number of pyridine rings is 1. The minimum absolute atomic E-state index is 0.693. The Labute approximate surface area is 124 Å². The maximum absolute atomic E-state index is 4.16. The zero-order chi connectivity index (χ0) is 13.8. The molecule has 0 aliphatic heterocycles. The largest absolute Gasteiger partial charge is 0.379 e. The van der Waals surface area contributed by atoms with Crippen molar-refractivity contribution in [1.29, 1.82) is 0 Å². The highest BCUT2D eigenvalue weighted by Gasteiger charge is 2.04. The van der Waals surface area contributed by atoms with Gasteiger partial charge in [-0.3, -0.25) is 4.98 Å². The van der Waals surface area contributed by atoms with Gasteiger partial charge in [0, 0.05) is 23.4 Å². The van der Waals surface area contributed by atoms with Crippen LogP contribution in [0.5, 0.6) is 0 Å². The van der Waals surface area contributed by atoms with Gasteiger partial charge in [0.2, 0.25) is 0 Å². The summed E-state index contributed by atoms with van der Waals surface area (Å²) in [5.41, 5.74) is 3.07. The molecule has 0 radical (unpaired) electrons. The summed E-state index contributed by atoms with van der Waals surface area (Å²) in [6.07, 6.45) is 6.82. The van der Waals surface area contributed by atoms with Crippen LogP contribution in [-0.4, -0.2) is 19.7 Å². The summed E-state index contributed by atoms with van der Waals surface area (Å²) in [5, 5.41) is 7.56. The highest BCUT2D eigenvalue weighted by Crippen LogP contribution is 2.19. The molecule has 0 fully saturated rings. The van der Waals surface area contributed by atoms with Crippen molar-refractivity contribution < 1.29 is 0 Å². The second-order valence-electron chi connectivity index (χ2n) is 4.22. The molecule has 1 aromatic carbocycles. The normalized spacial score (nSPS) is 10.4. The van der Waals surface area contributed by atoms with E-state index in [0.717, 1.165) is 21.4 Å². The van der Waals surface area contributed by atoms with Crippen molar-refractivity contribution in [3.8, 4) is 5.69 Å². The Morgan fingerprint density at radius 3 is 2.85 bits per heavy atom. The van der Waals surface area contributed by atoms with E-state index in [1.165, 1.54) is 6.33 Å². The van der Waals surface area contributed by atoms with Crippen LogP contribution in [0.25, 0.3) is 5.69 Å². The van der Waals surface area contributed by atoms with E-state index in [0.29, 0.717) is 6.54 Å². The fraction of sp³-hybridized carbons (Fsp3) is 0.0714. The van der Waals surface area contributed by atoms with Crippen LogP contribution in [0.2, 0.25) is 0 Å². The molecule has 0 unspecified atom stereocenters. The maximum atomic E-state index is 4.16. The monoisotopic (exact) mass is 329 g/mol. The van der Waals surface area contributed by atoms with Gasteiger partial charge < -0.3 is 5.32 Å². The summed E-state index contributed by atoms with van der Waals surface area (Å²) in [6, 6.07) is 10.0. The first-order valence-electron chi connectivity index (χ1n) is 6.10. The molecule has 0 aliphatic rings. The molecule has 3 aromatic rings. The number of halogens is 1. The van der Waals surface area contributed by atoms with Crippen molar-refractivity contribution in [2.24, 2.45) is 0 Å². The van der Waals surface area contributed by atoms with Crippen LogP contribution < -0.4 is 5.32 Å². The first-order chi connectivity index (χ1) is 9.83. The van der Waals surface area contributed by atoms with Crippen LogP contribution in [0.4, 0.5) is 5.69 Å². The average molecular weight is 330 g/mol. The van der Waals surface area contributed by atoms with Gasteiger partial charge >= 0.3 is 0 Å². The molecule has 0 spiro atoms. The third-order valence-electron chi connectivity index (χ3n) is 2.81. The van der Waals surface area contributed by atoms with Gasteiger partial charge in [0.1, 0.15) is 12.7 Å². The Hall–Kier alpha value is -2.21. The van der Waals surface area contributed by atoms with Gasteiger partial charge in [-0.15, -0.1) is 0 Å². The second-order valence-corrected chi connectivity index (χ2v) is 5.14. The standard InChI is InChI=1S/C14H12BrN5/c15-12-5-11(6-16-8-12)7-18-13-3-1-2-4-14(13)20-10-17-9-19-20/h1-6,8-10,18H,7H2. The van der Waals surface area contributed by atoms with E-state index in [-0.39, 0.29) is 0 Å². The van der Waals surface area contributed by atoms with E-state index in [9.17, 15) is 0 Å². The average Bonchev–Trinajstić information content (AvgIpc) is 3.00. The molecular weight excluding hydrogens is 318 g/mol. The highest BCUT2D eigenvalue weighted by molar-refractivity contribution is 9.10. The van der Waals surface area contributed by atoms with Crippen molar-refractivity contribution in [1.82, 2.24) is 19.7 Å². The van der Waals surface area contributed by atoms with Crippen LogP contribution in [0.1, 0.15) is 5.56 Å². The molecule has 2 heterocycles. The SMILES string of the molecule is Brc1cncc(CNc2ccccc2-n2cncn2)c1. The Morgan fingerprint density at radius 1 is 1.15 bits per heavy atom. The van der Waals surface area contributed by atoms with Crippen molar-refractivity contribution in [2.75, 3.05) is 5.32 Å². The molecule has 6 heteroatoms. The number of anilines is 1. The van der Waals surface area contributed by atoms with E-state index in [2.05, 4.69) is 36.3 Å². The molecule has 0 amide bonds. The van der Waals surface area contributed by atoms with Crippen molar-refractivity contribution in [2.45, 2.75) is 6.54 Å². The smallest absolute Gasteiger partial charge is 0.138 e. The first kappa shape index (κ1) is 12.8. The lowest BCUT2D eigenvalue weighted by molar-refractivity contribution is 0.877. The molecule has 1 N–H and O–H groups in total. The summed E-state index contributed by atoms with van der Waals surface area (Å²) in [7, 11) is 0. The molecule has 2 aromatic heterocycles. The van der Waals surface area contributed by atoms with E-state index < -0.39 is 0 Å². The predicted octanol–water partition coefficient (Wildman–Crippen LogP) is 3.04. The Kier molecular flexibility index (Phi) is 3.73. The van der Waals surface area contributed by atoms with Gasteiger partial charge in [0.25, 0.3) is 0 Å². The third-order valence-corrected chi connectivity index (χ3v) is 3.25. The van der Waals surface area contributed by atoms with E-state index >= 15 is 0 Å². The van der Waals surface area contributed by atoms with Crippen LogP contribution in [0, 0.1) is 0 Å². The molecule has 20 heavy (non-hydrogen) atoms. The summed E-state index contributed by atoms with van der Waals surface area (Å²) in [5.74, 6) is 0. The minimum Gasteiger partial charge on any atom is -0.379 e. The number of rotatable bonds is 4. The molecule has 0 bridgehead atoms. The number of nitrogens with one attached hydrogen (secondary N) is 1. The lowest BCUT2D eigenvalue weighted by Crippen LogP contribution is -2.05. The summed E-state index contributed by atoms with van der Waals surface area (Å²) in [4.78, 5) is 8.13. The van der Waals surface area contributed by atoms with E-state index in [1.54, 1.807) is 17.2 Å². The molecular formula is C14H12BrN5. The number of hydrogen-bond donors (Lipinski definition) is 1. The second kappa shape index (κ2) is 5.83. The summed E-state index contributed by atoms with van der Waals surface area (Å²) in [6.45, 7) is 0.693. The van der Waals surface area contributed by atoms with Gasteiger partial charge in [-0.2, -0.15) is 5.10 Å². The van der Waals surface area contributed by atoms with Crippen molar-refractivity contribution in [3.63, 3.8) is 0 Å². The molecule has 0 atom stereocenters. The molecule has 100 valence electrons. The Bertz CT molecular complexity index is 696. The highest BCUT2D eigenvalue weighted by atomic mass is 79.9. The van der Waals surface area contributed by atoms with Crippen LogP contribution in [0.15, 0.2) is 59.9 Å². The van der Waals surface area contributed by atoms with Gasteiger partial charge in [0.05, 0.1) is 11.4 Å². The Balaban J connectivity index is 1.81. The number of hydrogen-bond acceptors (Lipinski definition) is 4. The molecule has 0 saturated heterocycles. The van der Waals surface area contributed by atoms with Crippen LogP contribution in [0.3, 0.4) is 0 Å². The first-order valence-corrected chi connectivity index (χ1v) is 6.89. The van der Waals surface area contributed by atoms with E-state index in [4.69, 9.17) is 0 Å². The lowest BCUT2D eigenvalue weighted by atomic mass is 10.2. The molecule has 3 rings (SSSR count). The molecule has 0 aliphatic carbocycles.